The fourth-order valence-electron chi connectivity index (χ4n) is 2.55. The summed E-state index contributed by atoms with van der Waals surface area (Å²) in [5.41, 5.74) is 0.617. The standard InChI is InChI=1S/C15H20N2O4/c1-3-21-14(18)15(2)8-10-16(11-9-15)12-4-6-13(7-5-12)17(19)20/h4-7H,3,8-11H2,1-2H3. The van der Waals surface area contributed by atoms with Gasteiger partial charge in [-0.05, 0) is 38.8 Å². The van der Waals surface area contributed by atoms with Crippen LogP contribution < -0.4 is 4.90 Å². The van der Waals surface area contributed by atoms with Crippen molar-refractivity contribution in [3.8, 4) is 0 Å². The summed E-state index contributed by atoms with van der Waals surface area (Å²) >= 11 is 0. The predicted octanol–water partition coefficient (Wildman–Crippen LogP) is 2.76. The van der Waals surface area contributed by atoms with Gasteiger partial charge in [-0.25, -0.2) is 0 Å². The van der Waals surface area contributed by atoms with Crippen LogP contribution in [0.3, 0.4) is 0 Å². The molecule has 0 amide bonds. The maximum absolute atomic E-state index is 12.0. The van der Waals surface area contributed by atoms with E-state index in [9.17, 15) is 14.9 Å². The van der Waals surface area contributed by atoms with Gasteiger partial charge in [0.15, 0.2) is 0 Å². The Balaban J connectivity index is 2.00. The Morgan fingerprint density at radius 3 is 2.38 bits per heavy atom. The van der Waals surface area contributed by atoms with E-state index in [4.69, 9.17) is 4.74 Å². The first-order valence-electron chi connectivity index (χ1n) is 7.13. The van der Waals surface area contributed by atoms with Crippen molar-refractivity contribution in [1.29, 1.82) is 0 Å². The summed E-state index contributed by atoms with van der Waals surface area (Å²) in [6.07, 6.45) is 1.45. The molecule has 1 aliphatic rings. The summed E-state index contributed by atoms with van der Waals surface area (Å²) in [7, 11) is 0. The molecule has 0 unspecified atom stereocenters. The van der Waals surface area contributed by atoms with Crippen molar-refractivity contribution < 1.29 is 14.5 Å². The number of non-ortho nitro benzene ring substituents is 1. The van der Waals surface area contributed by atoms with Gasteiger partial charge >= 0.3 is 5.97 Å². The first kappa shape index (κ1) is 15.3. The largest absolute Gasteiger partial charge is 0.466 e. The van der Waals surface area contributed by atoms with Crippen molar-refractivity contribution in [2.45, 2.75) is 26.7 Å². The normalized spacial score (nSPS) is 17.3. The van der Waals surface area contributed by atoms with Gasteiger partial charge in [0.2, 0.25) is 0 Å². The lowest BCUT2D eigenvalue weighted by Crippen LogP contribution is -2.43. The SMILES string of the molecule is CCOC(=O)C1(C)CCN(c2ccc([N+](=O)[O-])cc2)CC1. The van der Waals surface area contributed by atoms with E-state index in [1.807, 2.05) is 13.8 Å². The third kappa shape index (κ3) is 3.32. The number of rotatable bonds is 4. The van der Waals surface area contributed by atoms with Crippen molar-refractivity contribution >= 4 is 17.3 Å². The van der Waals surface area contributed by atoms with Crippen molar-refractivity contribution in [3.05, 3.63) is 34.4 Å². The van der Waals surface area contributed by atoms with E-state index in [1.165, 1.54) is 12.1 Å². The van der Waals surface area contributed by atoms with Gasteiger partial charge < -0.3 is 9.64 Å². The molecule has 1 fully saturated rings. The molecule has 0 bridgehead atoms. The third-order valence-corrected chi connectivity index (χ3v) is 4.06. The second kappa shape index (κ2) is 6.11. The molecule has 0 spiro atoms. The Labute approximate surface area is 123 Å². The van der Waals surface area contributed by atoms with Crippen LogP contribution in [0.2, 0.25) is 0 Å². The average molecular weight is 292 g/mol. The van der Waals surface area contributed by atoms with E-state index in [1.54, 1.807) is 12.1 Å². The molecule has 0 aromatic heterocycles. The highest BCUT2D eigenvalue weighted by atomic mass is 16.6. The maximum Gasteiger partial charge on any atom is 0.311 e. The molecule has 114 valence electrons. The minimum Gasteiger partial charge on any atom is -0.466 e. The summed E-state index contributed by atoms with van der Waals surface area (Å²) in [5.74, 6) is -0.131. The van der Waals surface area contributed by atoms with Crippen molar-refractivity contribution in [1.82, 2.24) is 0 Å². The number of nitro benzene ring substituents is 1. The van der Waals surface area contributed by atoms with Gasteiger partial charge in [0, 0.05) is 30.9 Å². The molecule has 0 N–H and O–H groups in total. The van der Waals surface area contributed by atoms with Gasteiger partial charge in [0.05, 0.1) is 16.9 Å². The van der Waals surface area contributed by atoms with E-state index in [-0.39, 0.29) is 11.7 Å². The summed E-state index contributed by atoms with van der Waals surface area (Å²) < 4.78 is 5.13. The molecule has 6 nitrogen and oxygen atoms in total. The minimum absolute atomic E-state index is 0.0899. The smallest absolute Gasteiger partial charge is 0.311 e. The number of nitro groups is 1. The van der Waals surface area contributed by atoms with Crippen molar-refractivity contribution in [2.24, 2.45) is 5.41 Å². The fourth-order valence-corrected chi connectivity index (χ4v) is 2.55. The van der Waals surface area contributed by atoms with Gasteiger partial charge in [0.1, 0.15) is 0 Å². The summed E-state index contributed by atoms with van der Waals surface area (Å²) in [6, 6.07) is 6.53. The highest BCUT2D eigenvalue weighted by Crippen LogP contribution is 2.34. The monoisotopic (exact) mass is 292 g/mol. The molecule has 0 saturated carbocycles. The van der Waals surface area contributed by atoms with E-state index < -0.39 is 10.3 Å². The van der Waals surface area contributed by atoms with Crippen LogP contribution in [0.1, 0.15) is 26.7 Å². The number of anilines is 1. The van der Waals surface area contributed by atoms with Crippen molar-refractivity contribution in [2.75, 3.05) is 24.6 Å². The van der Waals surface area contributed by atoms with Crippen LogP contribution in [0.4, 0.5) is 11.4 Å². The van der Waals surface area contributed by atoms with Crippen LogP contribution in [-0.4, -0.2) is 30.6 Å². The number of carbonyl (C=O) groups is 1. The topological polar surface area (TPSA) is 72.7 Å². The molecule has 1 aliphatic heterocycles. The van der Waals surface area contributed by atoms with E-state index in [0.29, 0.717) is 6.61 Å². The second-order valence-electron chi connectivity index (χ2n) is 5.54. The van der Waals surface area contributed by atoms with E-state index in [0.717, 1.165) is 31.6 Å². The number of benzene rings is 1. The highest BCUT2D eigenvalue weighted by molar-refractivity contribution is 5.76. The number of carbonyl (C=O) groups excluding carboxylic acids is 1. The Morgan fingerprint density at radius 1 is 1.33 bits per heavy atom. The number of hydrogen-bond acceptors (Lipinski definition) is 5. The molecule has 1 saturated heterocycles. The molecule has 1 aromatic rings. The molecule has 0 radical (unpaired) electrons. The quantitative estimate of drug-likeness (QED) is 0.484. The van der Waals surface area contributed by atoms with Gasteiger partial charge in [0.25, 0.3) is 5.69 Å². The molecule has 6 heteroatoms. The molecular formula is C15H20N2O4. The summed E-state index contributed by atoms with van der Waals surface area (Å²) in [4.78, 5) is 24.4. The average Bonchev–Trinajstić information content (AvgIpc) is 2.48. The first-order chi connectivity index (χ1) is 9.96. The zero-order chi connectivity index (χ0) is 15.5. The number of ether oxygens (including phenoxy) is 1. The lowest BCUT2D eigenvalue weighted by molar-refractivity contribution is -0.384. The predicted molar refractivity (Wildman–Crippen MR) is 79.3 cm³/mol. The maximum atomic E-state index is 12.0. The van der Waals surface area contributed by atoms with Crippen LogP contribution in [0, 0.1) is 15.5 Å². The summed E-state index contributed by atoms with van der Waals surface area (Å²) in [5, 5.41) is 10.7. The van der Waals surface area contributed by atoms with Gasteiger partial charge in [-0.15, -0.1) is 0 Å². The van der Waals surface area contributed by atoms with Gasteiger partial charge in [-0.2, -0.15) is 0 Å². The summed E-state index contributed by atoms with van der Waals surface area (Å²) in [6.45, 7) is 5.65. The third-order valence-electron chi connectivity index (χ3n) is 4.06. The zero-order valence-electron chi connectivity index (χ0n) is 12.4. The van der Waals surface area contributed by atoms with Gasteiger partial charge in [-0.1, -0.05) is 0 Å². The first-order valence-corrected chi connectivity index (χ1v) is 7.13. The zero-order valence-corrected chi connectivity index (χ0v) is 12.4. The Bertz CT molecular complexity index is 519. The molecular weight excluding hydrogens is 272 g/mol. The number of hydrogen-bond donors (Lipinski definition) is 0. The van der Waals surface area contributed by atoms with Crippen LogP contribution in [0.25, 0.3) is 0 Å². The van der Waals surface area contributed by atoms with Crippen LogP contribution in [0.15, 0.2) is 24.3 Å². The molecule has 21 heavy (non-hydrogen) atoms. The Morgan fingerprint density at radius 2 is 1.90 bits per heavy atom. The number of nitrogens with zero attached hydrogens (tertiary/aromatic N) is 2. The Kier molecular flexibility index (Phi) is 4.45. The fraction of sp³-hybridized carbons (Fsp3) is 0.533. The second-order valence-corrected chi connectivity index (χ2v) is 5.54. The molecule has 0 aliphatic carbocycles. The molecule has 1 heterocycles. The minimum atomic E-state index is -0.423. The van der Waals surface area contributed by atoms with Crippen molar-refractivity contribution in [3.63, 3.8) is 0 Å². The number of esters is 1. The highest BCUT2D eigenvalue weighted by Gasteiger charge is 2.38. The van der Waals surface area contributed by atoms with E-state index >= 15 is 0 Å². The Hall–Kier alpha value is -2.11. The van der Waals surface area contributed by atoms with Crippen LogP contribution >= 0.6 is 0 Å². The molecule has 2 rings (SSSR count). The van der Waals surface area contributed by atoms with Gasteiger partial charge in [-0.3, -0.25) is 14.9 Å². The molecule has 1 aromatic carbocycles. The molecule has 0 atom stereocenters. The number of piperidine rings is 1. The van der Waals surface area contributed by atoms with Crippen LogP contribution in [0.5, 0.6) is 0 Å². The van der Waals surface area contributed by atoms with Crippen LogP contribution in [-0.2, 0) is 9.53 Å². The van der Waals surface area contributed by atoms with E-state index in [2.05, 4.69) is 4.90 Å². The lowest BCUT2D eigenvalue weighted by Gasteiger charge is -2.38. The lowest BCUT2D eigenvalue weighted by atomic mass is 9.80.